The quantitative estimate of drug-likeness (QED) is 0.789. The number of nitrogens with zero attached hydrogens (tertiary/aromatic N) is 3. The van der Waals surface area contributed by atoms with E-state index in [1.54, 1.807) is 24.3 Å². The van der Waals surface area contributed by atoms with Crippen LogP contribution in [0.1, 0.15) is 5.56 Å². The summed E-state index contributed by atoms with van der Waals surface area (Å²) in [6.07, 6.45) is 0. The first-order valence-electron chi connectivity index (χ1n) is 6.41. The van der Waals surface area contributed by atoms with E-state index in [0.717, 1.165) is 18.2 Å². The molecule has 0 radical (unpaired) electrons. The highest BCUT2D eigenvalue weighted by Gasteiger charge is 2.20. The van der Waals surface area contributed by atoms with E-state index in [1.165, 1.54) is 4.68 Å². The molecule has 0 saturated carbocycles. The van der Waals surface area contributed by atoms with E-state index in [-0.39, 0.29) is 22.6 Å². The maximum absolute atomic E-state index is 13.9. The largest absolute Gasteiger partial charge is 0.382 e. The van der Waals surface area contributed by atoms with Gasteiger partial charge in [0.15, 0.2) is 0 Å². The molecule has 0 fully saturated rings. The second-order valence-corrected chi connectivity index (χ2v) is 4.59. The maximum Gasteiger partial charge on any atom is 0.145 e. The SMILES string of the molecule is N#Cc1c(-c2cc(F)ccc2F)nn(-c2ccccc2)c1N. The average Bonchev–Trinajstić information content (AvgIpc) is 2.87. The Morgan fingerprint density at radius 2 is 1.82 bits per heavy atom. The first-order valence-corrected chi connectivity index (χ1v) is 6.41. The number of nitriles is 1. The molecule has 108 valence electrons. The van der Waals surface area contributed by atoms with Gasteiger partial charge in [-0.2, -0.15) is 10.4 Å². The lowest BCUT2D eigenvalue weighted by Crippen LogP contribution is -2.02. The monoisotopic (exact) mass is 296 g/mol. The van der Waals surface area contributed by atoms with Gasteiger partial charge in [-0.25, -0.2) is 13.5 Å². The number of halogens is 2. The lowest BCUT2D eigenvalue weighted by molar-refractivity contribution is 0.602. The van der Waals surface area contributed by atoms with Crippen molar-refractivity contribution in [1.29, 1.82) is 5.26 Å². The van der Waals surface area contributed by atoms with Crippen molar-refractivity contribution in [1.82, 2.24) is 9.78 Å². The lowest BCUT2D eigenvalue weighted by Gasteiger charge is -2.02. The van der Waals surface area contributed by atoms with Crippen LogP contribution in [0.2, 0.25) is 0 Å². The first kappa shape index (κ1) is 13.8. The van der Waals surface area contributed by atoms with Gasteiger partial charge in [0.25, 0.3) is 0 Å². The van der Waals surface area contributed by atoms with Gasteiger partial charge in [0.2, 0.25) is 0 Å². The highest BCUT2D eigenvalue weighted by molar-refractivity contribution is 5.74. The number of hydrogen-bond donors (Lipinski definition) is 1. The minimum atomic E-state index is -0.671. The molecule has 4 nitrogen and oxygen atoms in total. The number of nitrogens with two attached hydrogens (primary N) is 1. The van der Waals surface area contributed by atoms with Crippen LogP contribution in [0.25, 0.3) is 16.9 Å². The average molecular weight is 296 g/mol. The Balaban J connectivity index is 2.26. The zero-order chi connectivity index (χ0) is 15.7. The fourth-order valence-corrected chi connectivity index (χ4v) is 2.17. The summed E-state index contributed by atoms with van der Waals surface area (Å²) in [6.45, 7) is 0. The van der Waals surface area contributed by atoms with Gasteiger partial charge in [-0.1, -0.05) is 18.2 Å². The van der Waals surface area contributed by atoms with Gasteiger partial charge in [-0.3, -0.25) is 0 Å². The molecule has 0 saturated heterocycles. The van der Waals surface area contributed by atoms with E-state index in [4.69, 9.17) is 5.73 Å². The third kappa shape index (κ3) is 2.19. The number of anilines is 1. The molecule has 0 amide bonds. The van der Waals surface area contributed by atoms with Crippen LogP contribution in [0, 0.1) is 23.0 Å². The molecule has 1 heterocycles. The predicted octanol–water partition coefficient (Wildman–Crippen LogP) is 3.27. The molecular formula is C16H10F2N4. The topological polar surface area (TPSA) is 67.6 Å². The molecule has 22 heavy (non-hydrogen) atoms. The molecule has 0 aliphatic rings. The lowest BCUT2D eigenvalue weighted by atomic mass is 10.1. The van der Waals surface area contributed by atoms with Gasteiger partial charge < -0.3 is 5.73 Å². The summed E-state index contributed by atoms with van der Waals surface area (Å²) in [4.78, 5) is 0. The van der Waals surface area contributed by atoms with Crippen LogP contribution in [0.3, 0.4) is 0 Å². The van der Waals surface area contributed by atoms with Gasteiger partial charge in [0, 0.05) is 5.56 Å². The molecule has 2 N–H and O–H groups in total. The molecule has 1 aromatic heterocycles. The minimum Gasteiger partial charge on any atom is -0.382 e. The summed E-state index contributed by atoms with van der Waals surface area (Å²) in [7, 11) is 0. The Bertz CT molecular complexity index is 879. The van der Waals surface area contributed by atoms with E-state index in [9.17, 15) is 14.0 Å². The summed E-state index contributed by atoms with van der Waals surface area (Å²) in [5.41, 5.74) is 6.48. The van der Waals surface area contributed by atoms with Crippen LogP contribution in [-0.2, 0) is 0 Å². The van der Waals surface area contributed by atoms with Gasteiger partial charge in [-0.15, -0.1) is 0 Å². The molecule has 0 aliphatic heterocycles. The van der Waals surface area contributed by atoms with Crippen molar-refractivity contribution >= 4 is 5.82 Å². The molecule has 0 spiro atoms. The molecule has 0 aliphatic carbocycles. The number of rotatable bonds is 2. The number of benzene rings is 2. The molecule has 0 unspecified atom stereocenters. The first-order chi connectivity index (χ1) is 10.6. The summed E-state index contributed by atoms with van der Waals surface area (Å²) >= 11 is 0. The molecule has 0 atom stereocenters. The van der Waals surface area contributed by atoms with Crippen LogP contribution < -0.4 is 5.73 Å². The minimum absolute atomic E-state index is 0.00773. The third-order valence-corrected chi connectivity index (χ3v) is 3.22. The van der Waals surface area contributed by atoms with E-state index >= 15 is 0 Å². The molecular weight excluding hydrogens is 286 g/mol. The summed E-state index contributed by atoms with van der Waals surface area (Å²) in [5, 5.41) is 13.5. The van der Waals surface area contributed by atoms with Crippen molar-refractivity contribution in [3.8, 4) is 23.0 Å². The normalized spacial score (nSPS) is 10.4. The van der Waals surface area contributed by atoms with Crippen LogP contribution in [0.4, 0.5) is 14.6 Å². The van der Waals surface area contributed by atoms with Crippen molar-refractivity contribution in [3.63, 3.8) is 0 Å². The number of para-hydroxylation sites is 1. The van der Waals surface area contributed by atoms with Gasteiger partial charge in [-0.05, 0) is 30.3 Å². The van der Waals surface area contributed by atoms with E-state index in [0.29, 0.717) is 5.69 Å². The summed E-state index contributed by atoms with van der Waals surface area (Å²) in [5.74, 6) is -1.21. The van der Waals surface area contributed by atoms with Crippen LogP contribution in [0.5, 0.6) is 0 Å². The second-order valence-electron chi connectivity index (χ2n) is 4.59. The van der Waals surface area contributed by atoms with Gasteiger partial charge in [0.1, 0.15) is 34.8 Å². The highest BCUT2D eigenvalue weighted by atomic mass is 19.1. The Morgan fingerprint density at radius 3 is 2.50 bits per heavy atom. The van der Waals surface area contributed by atoms with Crippen LogP contribution >= 0.6 is 0 Å². The van der Waals surface area contributed by atoms with Crippen molar-refractivity contribution < 1.29 is 8.78 Å². The Kier molecular flexibility index (Phi) is 3.31. The van der Waals surface area contributed by atoms with Crippen molar-refractivity contribution in [3.05, 3.63) is 65.7 Å². The standard InChI is InChI=1S/C16H10F2N4/c17-10-6-7-14(18)12(8-10)15-13(9-19)16(20)22(21-15)11-4-2-1-3-5-11/h1-8H,20H2. The zero-order valence-electron chi connectivity index (χ0n) is 11.3. The Morgan fingerprint density at radius 1 is 1.09 bits per heavy atom. The second kappa shape index (κ2) is 5.30. The smallest absolute Gasteiger partial charge is 0.145 e. The van der Waals surface area contributed by atoms with Crippen molar-refractivity contribution in [2.45, 2.75) is 0 Å². The predicted molar refractivity (Wildman–Crippen MR) is 78.0 cm³/mol. The zero-order valence-corrected chi connectivity index (χ0v) is 11.3. The molecule has 2 aromatic carbocycles. The highest BCUT2D eigenvalue weighted by Crippen LogP contribution is 2.30. The number of nitrogen functional groups attached to an aromatic ring is 1. The van der Waals surface area contributed by atoms with Crippen molar-refractivity contribution in [2.24, 2.45) is 0 Å². The molecule has 0 bridgehead atoms. The third-order valence-electron chi connectivity index (χ3n) is 3.22. The molecule has 3 rings (SSSR count). The number of aromatic nitrogens is 2. The van der Waals surface area contributed by atoms with Crippen LogP contribution in [-0.4, -0.2) is 9.78 Å². The van der Waals surface area contributed by atoms with E-state index in [1.807, 2.05) is 12.1 Å². The van der Waals surface area contributed by atoms with E-state index in [2.05, 4.69) is 5.10 Å². The van der Waals surface area contributed by atoms with Crippen molar-refractivity contribution in [2.75, 3.05) is 5.73 Å². The fraction of sp³-hybridized carbons (Fsp3) is 0. The molecule has 3 aromatic rings. The Hall–Kier alpha value is -3.20. The fourth-order valence-electron chi connectivity index (χ4n) is 2.17. The summed E-state index contributed by atoms with van der Waals surface area (Å²) in [6, 6.07) is 13.8. The number of hydrogen-bond acceptors (Lipinski definition) is 3. The van der Waals surface area contributed by atoms with Gasteiger partial charge in [0.05, 0.1) is 5.69 Å². The molecule has 6 heteroatoms. The summed E-state index contributed by atoms with van der Waals surface area (Å²) < 4.78 is 28.7. The maximum atomic E-state index is 13.9. The van der Waals surface area contributed by atoms with Crippen LogP contribution in [0.15, 0.2) is 48.5 Å². The Labute approximate surface area is 125 Å². The van der Waals surface area contributed by atoms with E-state index < -0.39 is 11.6 Å². The van der Waals surface area contributed by atoms with Gasteiger partial charge >= 0.3 is 0 Å².